The summed E-state index contributed by atoms with van der Waals surface area (Å²) in [5.74, 6) is 0.817. The molecule has 1 aliphatic heterocycles. The van der Waals surface area contributed by atoms with Gasteiger partial charge in [0, 0.05) is 55.1 Å². The SMILES string of the molecule is CN=C(NCCc1nc(C)c(C)s1)NCC1(c2cccc(Cl)c2)CCOCC1. The molecule has 152 valence electrons. The van der Waals surface area contributed by atoms with Crippen molar-refractivity contribution in [3.05, 3.63) is 50.4 Å². The van der Waals surface area contributed by atoms with Crippen molar-refractivity contribution in [2.75, 3.05) is 33.4 Å². The van der Waals surface area contributed by atoms with Crippen LogP contribution in [0.25, 0.3) is 0 Å². The van der Waals surface area contributed by atoms with E-state index in [1.165, 1.54) is 10.4 Å². The number of benzene rings is 1. The molecule has 1 saturated heterocycles. The number of guanidine groups is 1. The van der Waals surface area contributed by atoms with E-state index in [1.54, 1.807) is 11.3 Å². The van der Waals surface area contributed by atoms with E-state index in [1.807, 2.05) is 19.2 Å². The molecule has 2 N–H and O–H groups in total. The van der Waals surface area contributed by atoms with Gasteiger partial charge in [0.05, 0.1) is 10.7 Å². The first-order chi connectivity index (χ1) is 13.5. The lowest BCUT2D eigenvalue weighted by Gasteiger charge is -2.38. The third-order valence-corrected chi connectivity index (χ3v) is 6.78. The number of aliphatic imine (C=N–C) groups is 1. The van der Waals surface area contributed by atoms with Crippen LogP contribution in [0.5, 0.6) is 0 Å². The average molecular weight is 421 g/mol. The van der Waals surface area contributed by atoms with Gasteiger partial charge in [0.25, 0.3) is 0 Å². The summed E-state index contributed by atoms with van der Waals surface area (Å²) < 4.78 is 5.62. The maximum atomic E-state index is 6.26. The summed E-state index contributed by atoms with van der Waals surface area (Å²) in [7, 11) is 1.81. The van der Waals surface area contributed by atoms with E-state index in [0.29, 0.717) is 0 Å². The highest BCUT2D eigenvalue weighted by Gasteiger charge is 2.34. The third-order valence-electron chi connectivity index (χ3n) is 5.41. The smallest absolute Gasteiger partial charge is 0.191 e. The number of rotatable bonds is 6. The zero-order valence-electron chi connectivity index (χ0n) is 16.8. The van der Waals surface area contributed by atoms with Crippen LogP contribution >= 0.6 is 22.9 Å². The molecule has 0 saturated carbocycles. The predicted octanol–water partition coefficient (Wildman–Crippen LogP) is 3.87. The maximum Gasteiger partial charge on any atom is 0.191 e. The van der Waals surface area contributed by atoms with Crippen LogP contribution in [0.15, 0.2) is 29.3 Å². The van der Waals surface area contributed by atoms with Crippen molar-refractivity contribution in [1.82, 2.24) is 15.6 Å². The number of ether oxygens (including phenoxy) is 1. The number of hydrogen-bond acceptors (Lipinski definition) is 4. The molecule has 1 aromatic heterocycles. The molecule has 0 bridgehead atoms. The Morgan fingerprint density at radius 2 is 2.07 bits per heavy atom. The lowest BCUT2D eigenvalue weighted by atomic mass is 9.74. The summed E-state index contributed by atoms with van der Waals surface area (Å²) in [5, 5.41) is 8.88. The summed E-state index contributed by atoms with van der Waals surface area (Å²) >= 11 is 8.03. The Hall–Kier alpha value is -1.63. The second kappa shape index (κ2) is 9.72. The molecule has 2 aromatic rings. The van der Waals surface area contributed by atoms with Gasteiger partial charge in [-0.1, -0.05) is 23.7 Å². The molecule has 0 amide bonds. The van der Waals surface area contributed by atoms with Gasteiger partial charge in [-0.05, 0) is 44.4 Å². The molecule has 1 fully saturated rings. The summed E-state index contributed by atoms with van der Waals surface area (Å²) in [5.41, 5.74) is 2.40. The predicted molar refractivity (Wildman–Crippen MR) is 118 cm³/mol. The largest absolute Gasteiger partial charge is 0.381 e. The first-order valence-electron chi connectivity index (χ1n) is 9.74. The van der Waals surface area contributed by atoms with Crippen LogP contribution in [-0.2, 0) is 16.6 Å². The van der Waals surface area contributed by atoms with Gasteiger partial charge in [-0.3, -0.25) is 4.99 Å². The Labute approximate surface area is 176 Å². The number of nitrogens with one attached hydrogen (secondary N) is 2. The van der Waals surface area contributed by atoms with Crippen LogP contribution in [0.4, 0.5) is 0 Å². The van der Waals surface area contributed by atoms with Gasteiger partial charge in [-0.25, -0.2) is 4.98 Å². The molecule has 0 unspecified atom stereocenters. The molecule has 2 heterocycles. The average Bonchev–Trinajstić information content (AvgIpc) is 3.02. The van der Waals surface area contributed by atoms with E-state index < -0.39 is 0 Å². The molecule has 1 aromatic carbocycles. The van der Waals surface area contributed by atoms with E-state index >= 15 is 0 Å². The maximum absolute atomic E-state index is 6.26. The monoisotopic (exact) mass is 420 g/mol. The van der Waals surface area contributed by atoms with Crippen molar-refractivity contribution in [2.45, 2.75) is 38.5 Å². The number of aryl methyl sites for hydroxylation is 2. The van der Waals surface area contributed by atoms with Gasteiger partial charge in [-0.15, -0.1) is 11.3 Å². The molecular formula is C21H29ClN4OS. The number of thiazole rings is 1. The van der Waals surface area contributed by atoms with Gasteiger partial charge in [0.2, 0.25) is 0 Å². The number of nitrogens with zero attached hydrogens (tertiary/aromatic N) is 2. The lowest BCUT2D eigenvalue weighted by molar-refractivity contribution is 0.0514. The normalized spacial score (nSPS) is 16.8. The van der Waals surface area contributed by atoms with Gasteiger partial charge in [0.1, 0.15) is 0 Å². The Morgan fingerprint density at radius 3 is 2.71 bits per heavy atom. The highest BCUT2D eigenvalue weighted by Crippen LogP contribution is 2.35. The number of hydrogen-bond donors (Lipinski definition) is 2. The molecule has 0 atom stereocenters. The molecule has 3 rings (SSSR count). The summed E-state index contributed by atoms with van der Waals surface area (Å²) in [6, 6.07) is 8.20. The first-order valence-corrected chi connectivity index (χ1v) is 10.9. The zero-order chi connectivity index (χ0) is 20.0. The second-order valence-electron chi connectivity index (χ2n) is 7.25. The van der Waals surface area contributed by atoms with Crippen LogP contribution < -0.4 is 10.6 Å². The van der Waals surface area contributed by atoms with Crippen LogP contribution in [-0.4, -0.2) is 44.3 Å². The fourth-order valence-electron chi connectivity index (χ4n) is 3.56. The summed E-state index contributed by atoms with van der Waals surface area (Å²) in [6.07, 6.45) is 2.83. The quantitative estimate of drug-likeness (QED) is 0.550. The van der Waals surface area contributed by atoms with Crippen molar-refractivity contribution >= 4 is 28.9 Å². The highest BCUT2D eigenvalue weighted by molar-refractivity contribution is 7.11. The van der Waals surface area contributed by atoms with E-state index in [2.05, 4.69) is 46.6 Å². The van der Waals surface area contributed by atoms with E-state index in [0.717, 1.165) is 67.2 Å². The first kappa shape index (κ1) is 21.1. The van der Waals surface area contributed by atoms with Crippen molar-refractivity contribution < 1.29 is 4.74 Å². The fourth-order valence-corrected chi connectivity index (χ4v) is 4.68. The second-order valence-corrected chi connectivity index (χ2v) is 8.98. The molecule has 0 spiro atoms. The molecule has 28 heavy (non-hydrogen) atoms. The Morgan fingerprint density at radius 1 is 1.29 bits per heavy atom. The summed E-state index contributed by atoms with van der Waals surface area (Å²) in [6.45, 7) is 7.32. The van der Waals surface area contributed by atoms with Crippen LogP contribution in [0, 0.1) is 13.8 Å². The van der Waals surface area contributed by atoms with Crippen molar-refractivity contribution in [1.29, 1.82) is 0 Å². The molecule has 7 heteroatoms. The third kappa shape index (κ3) is 5.25. The minimum absolute atomic E-state index is 0.00427. The van der Waals surface area contributed by atoms with Gasteiger partial charge in [-0.2, -0.15) is 0 Å². The van der Waals surface area contributed by atoms with Crippen LogP contribution in [0.3, 0.4) is 0 Å². The molecule has 5 nitrogen and oxygen atoms in total. The number of aromatic nitrogens is 1. The lowest BCUT2D eigenvalue weighted by Crippen LogP contribution is -2.48. The molecule has 1 aliphatic rings. The van der Waals surface area contributed by atoms with Gasteiger partial charge in [0.15, 0.2) is 5.96 Å². The standard InChI is InChI=1S/C21H29ClN4OS/c1-15-16(2)28-19(26-15)7-10-24-20(23-3)25-14-21(8-11-27-12-9-21)17-5-4-6-18(22)13-17/h4-6,13H,7-12,14H2,1-3H3,(H2,23,24,25). The fraction of sp³-hybridized carbons (Fsp3) is 0.524. The summed E-state index contributed by atoms with van der Waals surface area (Å²) in [4.78, 5) is 10.3. The molecular weight excluding hydrogens is 392 g/mol. The van der Waals surface area contributed by atoms with Crippen LogP contribution in [0.1, 0.15) is 34.0 Å². The van der Waals surface area contributed by atoms with E-state index in [4.69, 9.17) is 16.3 Å². The zero-order valence-corrected chi connectivity index (χ0v) is 18.4. The van der Waals surface area contributed by atoms with Crippen molar-refractivity contribution in [3.8, 4) is 0 Å². The Kier molecular flexibility index (Phi) is 7.32. The van der Waals surface area contributed by atoms with Crippen molar-refractivity contribution in [3.63, 3.8) is 0 Å². The highest BCUT2D eigenvalue weighted by atomic mass is 35.5. The Bertz CT molecular complexity index is 795. The van der Waals surface area contributed by atoms with E-state index in [-0.39, 0.29) is 5.41 Å². The van der Waals surface area contributed by atoms with E-state index in [9.17, 15) is 0 Å². The number of halogens is 1. The van der Waals surface area contributed by atoms with Gasteiger partial charge < -0.3 is 15.4 Å². The van der Waals surface area contributed by atoms with Crippen LogP contribution in [0.2, 0.25) is 5.02 Å². The minimum Gasteiger partial charge on any atom is -0.381 e. The molecule has 0 aliphatic carbocycles. The topological polar surface area (TPSA) is 58.5 Å². The minimum atomic E-state index is 0.00427. The van der Waals surface area contributed by atoms with Gasteiger partial charge >= 0.3 is 0 Å². The Balaban J connectivity index is 1.59. The van der Waals surface area contributed by atoms with Crippen molar-refractivity contribution in [2.24, 2.45) is 4.99 Å². The molecule has 0 radical (unpaired) electrons.